The van der Waals surface area contributed by atoms with E-state index in [0.717, 1.165) is 43.4 Å². The van der Waals surface area contributed by atoms with Gasteiger partial charge in [-0.3, -0.25) is 9.69 Å². The zero-order chi connectivity index (χ0) is 20.8. The highest BCUT2D eigenvalue weighted by Crippen LogP contribution is 2.23. The molecule has 1 aromatic heterocycles. The molecule has 152 valence electrons. The Morgan fingerprint density at radius 1 is 1.10 bits per heavy atom. The first-order valence-corrected chi connectivity index (χ1v) is 10.8. The van der Waals surface area contributed by atoms with Gasteiger partial charge in [0.05, 0.1) is 31.4 Å². The van der Waals surface area contributed by atoms with Gasteiger partial charge in [-0.2, -0.15) is 5.26 Å². The number of rotatable bonds is 6. The third-order valence-corrected chi connectivity index (χ3v) is 6.00. The molecule has 1 saturated heterocycles. The molecule has 5 nitrogen and oxygen atoms in total. The maximum absolute atomic E-state index is 13.3. The first-order chi connectivity index (χ1) is 14.7. The smallest absolute Gasteiger partial charge is 0.258 e. The lowest BCUT2D eigenvalue weighted by atomic mass is 10.1. The Kier molecular flexibility index (Phi) is 6.55. The van der Waals surface area contributed by atoms with E-state index in [1.807, 2.05) is 29.6 Å². The van der Waals surface area contributed by atoms with Crippen molar-refractivity contribution < 1.29 is 9.53 Å². The van der Waals surface area contributed by atoms with Crippen molar-refractivity contribution in [2.45, 2.75) is 13.1 Å². The molecule has 2 aromatic carbocycles. The minimum atomic E-state index is -0.110. The van der Waals surface area contributed by atoms with Crippen LogP contribution in [0.3, 0.4) is 0 Å². The van der Waals surface area contributed by atoms with Gasteiger partial charge in [-0.1, -0.05) is 24.3 Å². The van der Waals surface area contributed by atoms with Crippen molar-refractivity contribution in [2.24, 2.45) is 0 Å². The molecule has 6 heteroatoms. The van der Waals surface area contributed by atoms with Gasteiger partial charge in [0.15, 0.2) is 0 Å². The maximum atomic E-state index is 13.3. The molecule has 0 spiro atoms. The fourth-order valence-electron chi connectivity index (χ4n) is 3.52. The Balaban J connectivity index is 1.57. The summed E-state index contributed by atoms with van der Waals surface area (Å²) in [5, 5.41) is 11.2. The van der Waals surface area contributed by atoms with Gasteiger partial charge in [-0.25, -0.2) is 0 Å². The number of nitriles is 1. The van der Waals surface area contributed by atoms with Crippen molar-refractivity contribution in [1.82, 2.24) is 4.90 Å². The van der Waals surface area contributed by atoms with Crippen LogP contribution in [-0.4, -0.2) is 37.1 Å². The predicted molar refractivity (Wildman–Crippen MR) is 119 cm³/mol. The van der Waals surface area contributed by atoms with Gasteiger partial charge in [-0.05, 0) is 47.3 Å². The number of benzene rings is 2. The monoisotopic (exact) mass is 417 g/mol. The Morgan fingerprint density at radius 2 is 1.90 bits per heavy atom. The van der Waals surface area contributed by atoms with Crippen molar-refractivity contribution >= 4 is 22.9 Å². The van der Waals surface area contributed by atoms with Gasteiger partial charge in [0.1, 0.15) is 0 Å². The highest BCUT2D eigenvalue weighted by molar-refractivity contribution is 7.09. The van der Waals surface area contributed by atoms with Crippen molar-refractivity contribution in [3.05, 3.63) is 87.6 Å². The highest BCUT2D eigenvalue weighted by atomic mass is 32.1. The van der Waals surface area contributed by atoms with Crippen LogP contribution in [0, 0.1) is 11.3 Å². The topological polar surface area (TPSA) is 56.6 Å². The number of hydrogen-bond donors (Lipinski definition) is 0. The van der Waals surface area contributed by atoms with Gasteiger partial charge in [0.2, 0.25) is 0 Å². The zero-order valence-corrected chi connectivity index (χ0v) is 17.5. The van der Waals surface area contributed by atoms with E-state index in [1.54, 1.807) is 40.5 Å². The average Bonchev–Trinajstić information content (AvgIpc) is 3.32. The molecule has 0 bridgehead atoms. The second-order valence-electron chi connectivity index (χ2n) is 7.22. The number of morpholine rings is 1. The summed E-state index contributed by atoms with van der Waals surface area (Å²) in [5.74, 6) is -0.110. The Hall–Kier alpha value is -2.98. The predicted octanol–water partition coefficient (Wildman–Crippen LogP) is 4.30. The number of carbonyl (C=O) groups is 1. The second kappa shape index (κ2) is 9.68. The fourth-order valence-corrected chi connectivity index (χ4v) is 4.21. The molecule has 1 amide bonds. The SMILES string of the molecule is N#Cc1cccc(C(=O)N(Cc2cccs2)c2ccc(CN3CCOCC3)cc2)c1. The molecule has 4 rings (SSSR count). The summed E-state index contributed by atoms with van der Waals surface area (Å²) in [6, 6.07) is 21.2. The molecule has 30 heavy (non-hydrogen) atoms. The summed E-state index contributed by atoms with van der Waals surface area (Å²) in [6.07, 6.45) is 0. The second-order valence-corrected chi connectivity index (χ2v) is 8.25. The molecule has 0 N–H and O–H groups in total. The van der Waals surface area contributed by atoms with Gasteiger partial charge < -0.3 is 9.64 Å². The lowest BCUT2D eigenvalue weighted by Crippen LogP contribution is -2.35. The average molecular weight is 418 g/mol. The van der Waals surface area contributed by atoms with E-state index in [-0.39, 0.29) is 5.91 Å². The summed E-state index contributed by atoms with van der Waals surface area (Å²) in [6.45, 7) is 4.83. The molecule has 0 atom stereocenters. The fraction of sp³-hybridized carbons (Fsp3) is 0.250. The van der Waals surface area contributed by atoms with E-state index in [4.69, 9.17) is 4.74 Å². The molecule has 1 aliphatic heterocycles. The van der Waals surface area contributed by atoms with E-state index in [1.165, 1.54) is 5.56 Å². The molecule has 3 aromatic rings. The molecule has 2 heterocycles. The zero-order valence-electron chi connectivity index (χ0n) is 16.7. The standard InChI is InChI=1S/C24H23N3O2S/c25-16-20-3-1-4-21(15-20)24(28)27(18-23-5-2-14-30-23)22-8-6-19(7-9-22)17-26-10-12-29-13-11-26/h1-9,14-15H,10-13,17-18H2. The highest BCUT2D eigenvalue weighted by Gasteiger charge is 2.19. The third-order valence-electron chi connectivity index (χ3n) is 5.14. The Morgan fingerprint density at radius 3 is 2.60 bits per heavy atom. The Bertz CT molecular complexity index is 1020. The number of nitrogens with zero attached hydrogens (tertiary/aromatic N) is 3. The van der Waals surface area contributed by atoms with E-state index >= 15 is 0 Å². The van der Waals surface area contributed by atoms with Crippen LogP contribution in [0.1, 0.15) is 26.4 Å². The van der Waals surface area contributed by atoms with Gasteiger partial charge in [0.25, 0.3) is 5.91 Å². The van der Waals surface area contributed by atoms with Gasteiger partial charge in [0, 0.05) is 35.8 Å². The maximum Gasteiger partial charge on any atom is 0.258 e. The largest absolute Gasteiger partial charge is 0.379 e. The number of anilines is 1. The number of ether oxygens (including phenoxy) is 1. The number of carbonyl (C=O) groups excluding carboxylic acids is 1. The van der Waals surface area contributed by atoms with Crippen molar-refractivity contribution in [3.8, 4) is 6.07 Å². The molecule has 0 aliphatic carbocycles. The summed E-state index contributed by atoms with van der Waals surface area (Å²) in [7, 11) is 0. The number of hydrogen-bond acceptors (Lipinski definition) is 5. The molecule has 1 aliphatic rings. The first-order valence-electron chi connectivity index (χ1n) is 9.96. The lowest BCUT2D eigenvalue weighted by Gasteiger charge is -2.27. The van der Waals surface area contributed by atoms with Crippen LogP contribution in [0.4, 0.5) is 5.69 Å². The van der Waals surface area contributed by atoms with Crippen LogP contribution in [0.25, 0.3) is 0 Å². The first kappa shape index (κ1) is 20.3. The number of thiophene rings is 1. The summed E-state index contributed by atoms with van der Waals surface area (Å²) in [5.41, 5.74) is 3.07. The molecule has 0 unspecified atom stereocenters. The molecular formula is C24H23N3O2S. The summed E-state index contributed by atoms with van der Waals surface area (Å²) in [4.78, 5) is 18.6. The van der Waals surface area contributed by atoms with Crippen LogP contribution in [-0.2, 0) is 17.8 Å². The van der Waals surface area contributed by atoms with Crippen LogP contribution < -0.4 is 4.90 Å². The van der Waals surface area contributed by atoms with Crippen LogP contribution >= 0.6 is 11.3 Å². The normalized spacial score (nSPS) is 14.2. The van der Waals surface area contributed by atoms with Gasteiger partial charge >= 0.3 is 0 Å². The quantitative estimate of drug-likeness (QED) is 0.600. The van der Waals surface area contributed by atoms with Crippen LogP contribution in [0.2, 0.25) is 0 Å². The van der Waals surface area contributed by atoms with E-state index in [2.05, 4.69) is 23.1 Å². The molecular weight excluding hydrogens is 394 g/mol. The van der Waals surface area contributed by atoms with Crippen LogP contribution in [0.5, 0.6) is 0 Å². The summed E-state index contributed by atoms with van der Waals surface area (Å²) < 4.78 is 5.42. The van der Waals surface area contributed by atoms with E-state index in [9.17, 15) is 10.1 Å². The van der Waals surface area contributed by atoms with Gasteiger partial charge in [-0.15, -0.1) is 11.3 Å². The van der Waals surface area contributed by atoms with Crippen LogP contribution in [0.15, 0.2) is 66.0 Å². The lowest BCUT2D eigenvalue weighted by molar-refractivity contribution is 0.0342. The third kappa shape index (κ3) is 4.95. The minimum Gasteiger partial charge on any atom is -0.379 e. The van der Waals surface area contributed by atoms with Crippen molar-refractivity contribution in [1.29, 1.82) is 5.26 Å². The minimum absolute atomic E-state index is 0.110. The Labute approximate surface area is 180 Å². The van der Waals surface area contributed by atoms with Crippen molar-refractivity contribution in [2.75, 3.05) is 31.2 Å². The molecule has 0 radical (unpaired) electrons. The molecule has 1 fully saturated rings. The summed E-state index contributed by atoms with van der Waals surface area (Å²) >= 11 is 1.63. The van der Waals surface area contributed by atoms with E-state index in [0.29, 0.717) is 17.7 Å². The number of amides is 1. The van der Waals surface area contributed by atoms with Crippen molar-refractivity contribution in [3.63, 3.8) is 0 Å². The van der Waals surface area contributed by atoms with E-state index < -0.39 is 0 Å². The molecule has 0 saturated carbocycles.